The maximum atomic E-state index is 12.6. The van der Waals surface area contributed by atoms with E-state index < -0.39 is 0 Å². The Bertz CT molecular complexity index is 483. The number of benzene rings is 1. The lowest BCUT2D eigenvalue weighted by molar-refractivity contribution is -0.119. The molecule has 3 nitrogen and oxygen atoms in total. The van der Waals surface area contributed by atoms with Crippen LogP contribution in [0.4, 0.5) is 5.69 Å². The van der Waals surface area contributed by atoms with Crippen LogP contribution in [0.5, 0.6) is 0 Å². The van der Waals surface area contributed by atoms with Gasteiger partial charge in [-0.1, -0.05) is 25.0 Å². The summed E-state index contributed by atoms with van der Waals surface area (Å²) >= 11 is 1.83. The molecular weight excluding hydrogens is 256 g/mol. The maximum absolute atomic E-state index is 12.6. The number of carbonyl (C=O) groups excluding carboxylic acids is 1. The van der Waals surface area contributed by atoms with Gasteiger partial charge in [0.15, 0.2) is 0 Å². The standard InChI is InChI=1S/C15H20N2OS/c16-15(7-3-4-8-15)11-14(18)17-9-10-19-13-6-2-1-5-12(13)17/h1-2,5-6H,3-4,7-11,16H2. The third kappa shape index (κ3) is 2.65. The minimum Gasteiger partial charge on any atom is -0.325 e. The van der Waals surface area contributed by atoms with Crippen LogP contribution in [0.1, 0.15) is 32.1 Å². The summed E-state index contributed by atoms with van der Waals surface area (Å²) in [6.45, 7) is 0.802. The average Bonchev–Trinajstić information content (AvgIpc) is 2.84. The minimum atomic E-state index is -0.253. The number of fused-ring (bicyclic) bond motifs is 1. The van der Waals surface area contributed by atoms with Crippen LogP contribution in [0.3, 0.4) is 0 Å². The number of para-hydroxylation sites is 1. The van der Waals surface area contributed by atoms with Gasteiger partial charge in [0.05, 0.1) is 5.69 Å². The smallest absolute Gasteiger partial charge is 0.228 e. The molecule has 0 unspecified atom stereocenters. The molecule has 0 saturated heterocycles. The number of anilines is 1. The van der Waals surface area contributed by atoms with E-state index in [1.165, 1.54) is 4.90 Å². The van der Waals surface area contributed by atoms with Crippen LogP contribution < -0.4 is 10.6 Å². The van der Waals surface area contributed by atoms with Gasteiger partial charge >= 0.3 is 0 Å². The number of thioether (sulfide) groups is 1. The van der Waals surface area contributed by atoms with Gasteiger partial charge in [0.2, 0.25) is 5.91 Å². The fraction of sp³-hybridized carbons (Fsp3) is 0.533. The predicted octanol–water partition coefficient (Wildman–Crippen LogP) is 2.79. The largest absolute Gasteiger partial charge is 0.325 e. The van der Waals surface area contributed by atoms with E-state index in [-0.39, 0.29) is 11.4 Å². The first kappa shape index (κ1) is 13.0. The Morgan fingerprint density at radius 1 is 1.32 bits per heavy atom. The summed E-state index contributed by atoms with van der Waals surface area (Å²) in [4.78, 5) is 15.7. The van der Waals surface area contributed by atoms with E-state index in [1.807, 2.05) is 34.9 Å². The first-order chi connectivity index (χ1) is 9.18. The Balaban J connectivity index is 1.78. The summed E-state index contributed by atoms with van der Waals surface area (Å²) < 4.78 is 0. The third-order valence-electron chi connectivity index (χ3n) is 4.13. The molecule has 1 fully saturated rings. The van der Waals surface area contributed by atoms with Crippen molar-refractivity contribution in [1.29, 1.82) is 0 Å². The van der Waals surface area contributed by atoms with Gasteiger partial charge in [-0.2, -0.15) is 0 Å². The zero-order chi connectivity index (χ0) is 13.3. The molecule has 1 aromatic rings. The zero-order valence-electron chi connectivity index (χ0n) is 11.1. The van der Waals surface area contributed by atoms with Crippen molar-refractivity contribution >= 4 is 23.4 Å². The molecular formula is C15H20N2OS. The molecule has 1 saturated carbocycles. The van der Waals surface area contributed by atoms with E-state index >= 15 is 0 Å². The highest BCUT2D eigenvalue weighted by Crippen LogP contribution is 2.36. The molecule has 2 N–H and O–H groups in total. The highest BCUT2D eigenvalue weighted by Gasteiger charge is 2.34. The quantitative estimate of drug-likeness (QED) is 0.903. The molecule has 1 aliphatic heterocycles. The Kier molecular flexibility index (Phi) is 3.54. The summed E-state index contributed by atoms with van der Waals surface area (Å²) in [7, 11) is 0. The van der Waals surface area contributed by atoms with Gasteiger partial charge in [0.25, 0.3) is 0 Å². The topological polar surface area (TPSA) is 46.3 Å². The summed E-state index contributed by atoms with van der Waals surface area (Å²) in [5.74, 6) is 1.16. The molecule has 0 spiro atoms. The average molecular weight is 276 g/mol. The van der Waals surface area contributed by atoms with Crippen LogP contribution in [0.25, 0.3) is 0 Å². The molecule has 0 aromatic heterocycles. The molecule has 102 valence electrons. The van der Waals surface area contributed by atoms with Gasteiger partial charge in [-0.15, -0.1) is 11.8 Å². The second-order valence-electron chi connectivity index (χ2n) is 5.61. The molecule has 1 aliphatic carbocycles. The fourth-order valence-corrected chi connectivity index (χ4v) is 4.08. The molecule has 4 heteroatoms. The molecule has 1 aromatic carbocycles. The summed E-state index contributed by atoms with van der Waals surface area (Å²) in [6, 6.07) is 8.16. The molecule has 1 amide bonds. The number of hydrogen-bond donors (Lipinski definition) is 1. The van der Waals surface area contributed by atoms with Crippen molar-refractivity contribution < 1.29 is 4.79 Å². The van der Waals surface area contributed by atoms with Gasteiger partial charge in [-0.3, -0.25) is 4.79 Å². The van der Waals surface area contributed by atoms with Gasteiger partial charge < -0.3 is 10.6 Å². The van der Waals surface area contributed by atoms with Gasteiger partial charge in [-0.25, -0.2) is 0 Å². The first-order valence-corrected chi connectivity index (χ1v) is 7.98. The van der Waals surface area contributed by atoms with Crippen LogP contribution >= 0.6 is 11.8 Å². The van der Waals surface area contributed by atoms with Crippen molar-refractivity contribution in [3.63, 3.8) is 0 Å². The minimum absolute atomic E-state index is 0.192. The number of amides is 1. The van der Waals surface area contributed by atoms with Crippen LogP contribution in [-0.2, 0) is 4.79 Å². The highest BCUT2D eigenvalue weighted by atomic mass is 32.2. The van der Waals surface area contributed by atoms with Crippen molar-refractivity contribution in [1.82, 2.24) is 0 Å². The molecule has 0 atom stereocenters. The summed E-state index contributed by atoms with van der Waals surface area (Å²) in [5.41, 5.74) is 7.14. The first-order valence-electron chi connectivity index (χ1n) is 6.99. The maximum Gasteiger partial charge on any atom is 0.228 e. The number of nitrogens with zero attached hydrogens (tertiary/aromatic N) is 1. The van der Waals surface area contributed by atoms with Gasteiger partial charge in [0, 0.05) is 29.2 Å². The number of carbonyl (C=O) groups is 1. The number of nitrogens with two attached hydrogens (primary N) is 1. The Morgan fingerprint density at radius 3 is 2.84 bits per heavy atom. The SMILES string of the molecule is NC1(CC(=O)N2CCSc3ccccc32)CCCC1. The van der Waals surface area contributed by atoms with Crippen LogP contribution in [-0.4, -0.2) is 23.7 Å². The molecule has 0 radical (unpaired) electrons. The van der Waals surface area contributed by atoms with Gasteiger partial charge in [-0.05, 0) is 25.0 Å². The molecule has 19 heavy (non-hydrogen) atoms. The lowest BCUT2D eigenvalue weighted by Gasteiger charge is -2.32. The van der Waals surface area contributed by atoms with Crippen LogP contribution in [0.2, 0.25) is 0 Å². The summed E-state index contributed by atoms with van der Waals surface area (Å²) in [5, 5.41) is 0. The normalized spacial score (nSPS) is 21.2. The lowest BCUT2D eigenvalue weighted by atomic mass is 9.94. The van der Waals surface area contributed by atoms with Crippen molar-refractivity contribution in [2.45, 2.75) is 42.5 Å². The molecule has 3 rings (SSSR count). The Hall–Kier alpha value is -1.00. The van der Waals surface area contributed by atoms with Crippen molar-refractivity contribution in [2.24, 2.45) is 5.73 Å². The molecule has 0 bridgehead atoms. The number of hydrogen-bond acceptors (Lipinski definition) is 3. The third-order valence-corrected chi connectivity index (χ3v) is 5.18. The lowest BCUT2D eigenvalue weighted by Crippen LogP contribution is -2.45. The highest BCUT2D eigenvalue weighted by molar-refractivity contribution is 7.99. The predicted molar refractivity (Wildman–Crippen MR) is 79.5 cm³/mol. The second-order valence-corrected chi connectivity index (χ2v) is 6.74. The van der Waals surface area contributed by atoms with Crippen LogP contribution in [0, 0.1) is 0 Å². The van der Waals surface area contributed by atoms with E-state index in [2.05, 4.69) is 6.07 Å². The zero-order valence-corrected chi connectivity index (χ0v) is 11.9. The fourth-order valence-electron chi connectivity index (χ4n) is 3.08. The van der Waals surface area contributed by atoms with E-state index in [4.69, 9.17) is 5.73 Å². The van der Waals surface area contributed by atoms with E-state index in [9.17, 15) is 4.79 Å². The molecule has 2 aliphatic rings. The van der Waals surface area contributed by atoms with E-state index in [0.29, 0.717) is 6.42 Å². The monoisotopic (exact) mass is 276 g/mol. The Morgan fingerprint density at radius 2 is 2.05 bits per heavy atom. The number of rotatable bonds is 2. The van der Waals surface area contributed by atoms with Crippen molar-refractivity contribution in [3.8, 4) is 0 Å². The van der Waals surface area contributed by atoms with E-state index in [0.717, 1.165) is 43.7 Å². The van der Waals surface area contributed by atoms with Gasteiger partial charge in [0.1, 0.15) is 0 Å². The summed E-state index contributed by atoms with van der Waals surface area (Å²) in [6.07, 6.45) is 4.80. The van der Waals surface area contributed by atoms with E-state index in [1.54, 1.807) is 0 Å². The second kappa shape index (κ2) is 5.17. The Labute approximate surface area is 118 Å². The van der Waals surface area contributed by atoms with Crippen LogP contribution in [0.15, 0.2) is 29.2 Å². The van der Waals surface area contributed by atoms with Crippen molar-refractivity contribution in [2.75, 3.05) is 17.2 Å². The van der Waals surface area contributed by atoms with Crippen molar-refractivity contribution in [3.05, 3.63) is 24.3 Å². The molecule has 1 heterocycles.